The Labute approximate surface area is 561 Å². The van der Waals surface area contributed by atoms with Crippen molar-refractivity contribution in [2.45, 2.75) is 241 Å². The summed E-state index contributed by atoms with van der Waals surface area (Å²) >= 11 is 0. The third kappa shape index (κ3) is 25.3. The Kier molecular flexibility index (Phi) is 36.6. The first-order valence-corrected chi connectivity index (χ1v) is 34.3. The molecule has 6 saturated heterocycles. The van der Waals surface area contributed by atoms with Crippen molar-refractivity contribution in [1.82, 2.24) is 36.4 Å². The molecule has 24 atom stereocenters. The van der Waals surface area contributed by atoms with Crippen molar-refractivity contribution in [3.8, 4) is 0 Å². The van der Waals surface area contributed by atoms with Crippen LogP contribution >= 0.6 is 0 Å². The van der Waals surface area contributed by atoms with Gasteiger partial charge in [0, 0.05) is 71.0 Å². The average molecular weight is 1380 g/mol. The van der Waals surface area contributed by atoms with Gasteiger partial charge in [-0.15, -0.1) is 0 Å². The van der Waals surface area contributed by atoms with Crippen molar-refractivity contribution < 1.29 is 128 Å². The predicted octanol–water partition coefficient (Wildman–Crippen LogP) is -5.68. The van der Waals surface area contributed by atoms with Crippen molar-refractivity contribution in [3.05, 3.63) is 0 Å². The minimum Gasteiger partial charge on any atom is -0.388 e. The zero-order valence-electron chi connectivity index (χ0n) is 56.4. The summed E-state index contributed by atoms with van der Waals surface area (Å²) in [5, 5.41) is 134. The van der Waals surface area contributed by atoms with E-state index >= 15 is 0 Å². The van der Waals surface area contributed by atoms with Gasteiger partial charge in [-0.3, -0.25) is 28.8 Å². The summed E-state index contributed by atoms with van der Waals surface area (Å²) < 4.78 is 43.8. The third-order valence-corrected chi connectivity index (χ3v) is 18.5. The summed E-state index contributed by atoms with van der Waals surface area (Å²) in [6.45, 7) is 14.6. The number of aliphatic hydroxyl groups is 12. The van der Waals surface area contributed by atoms with Gasteiger partial charge >= 0.3 is 0 Å². The number of amides is 5. The Hall–Kier alpha value is -3.86. The van der Waals surface area contributed by atoms with E-state index in [1.54, 1.807) is 13.8 Å². The van der Waals surface area contributed by atoms with Gasteiger partial charge in [0.15, 0.2) is 25.2 Å². The first-order chi connectivity index (χ1) is 45.7. The van der Waals surface area contributed by atoms with Crippen molar-refractivity contribution >= 4 is 35.3 Å². The lowest BCUT2D eigenvalue weighted by Crippen LogP contribution is -2.57. The number of Topliss-reactive ketones (excluding diaryl/α,β-unsaturated/α-hetero) is 1. The maximum absolute atomic E-state index is 13.5. The molecule has 6 aliphatic heterocycles. The van der Waals surface area contributed by atoms with Gasteiger partial charge in [-0.05, 0) is 113 Å². The van der Waals surface area contributed by atoms with Gasteiger partial charge in [0.2, 0.25) is 29.5 Å². The molecule has 0 bridgehead atoms. The monoisotopic (exact) mass is 1380 g/mol. The molecule has 17 N–H and O–H groups in total. The molecule has 0 saturated carbocycles. The van der Waals surface area contributed by atoms with E-state index in [9.17, 15) is 90.0 Å². The van der Waals surface area contributed by atoms with Crippen LogP contribution in [0.25, 0.3) is 0 Å². The van der Waals surface area contributed by atoms with E-state index in [1.807, 2.05) is 13.8 Å². The maximum Gasteiger partial charge on any atom is 0.225 e. The summed E-state index contributed by atoms with van der Waals surface area (Å²) in [7, 11) is 0. The number of piperidine rings is 2. The molecule has 6 heterocycles. The fraction of sp³-hybridized carbons (Fsp3) is 0.905. The first kappa shape index (κ1) is 82.8. The molecule has 556 valence electrons. The Balaban J connectivity index is 0.000000347. The fourth-order valence-electron chi connectivity index (χ4n) is 12.5. The van der Waals surface area contributed by atoms with Gasteiger partial charge in [0.1, 0.15) is 79.0 Å². The number of carbonyl (C=O) groups is 6. The Morgan fingerprint density at radius 3 is 1.02 bits per heavy atom. The molecule has 6 aliphatic rings. The fourth-order valence-corrected chi connectivity index (χ4v) is 12.5. The molecule has 96 heavy (non-hydrogen) atoms. The highest BCUT2D eigenvalue weighted by Gasteiger charge is 2.47. The number of unbranched alkanes of at least 4 members (excludes halogenated alkanes) is 4. The summed E-state index contributed by atoms with van der Waals surface area (Å²) in [5.41, 5.74) is 0. The Bertz CT molecular complexity index is 2170. The Morgan fingerprint density at radius 2 is 0.677 bits per heavy atom. The number of hydrogen-bond acceptors (Lipinski definition) is 28. The molecule has 6 fully saturated rings. The number of likely N-dealkylation sites (tertiary alicyclic amines) is 2. The zero-order chi connectivity index (χ0) is 70.8. The molecule has 5 amide bonds. The number of ether oxygens (including phenoxy) is 8. The van der Waals surface area contributed by atoms with Gasteiger partial charge in [-0.25, -0.2) is 0 Å². The van der Waals surface area contributed by atoms with Gasteiger partial charge < -0.3 is 136 Å². The SMILES string of the molecule is CCNC(=O)CCCCCN1CCC(C(=O)NCCO[C@@H]2O[C@@H](C)[C@@H](O)[C@@H](O)[C@@H]2O)C(C(=O)CCCO[C@@H]2O[C@@H](C)[C@@H](O)[C@@H](O)[C@@H]2O)C1.CCNC(=O)CCCCCN1CC[C@@H](C(=O)NCCO[C@@H]2O[C@@H](C)[C@@H](O)[C@@H](O)[C@@H]2O)[C@@H](C(=O)NCCO[C@@H]2O[C@@H](C)[C@@H](O)[C@@H](O)[C@@H]2O)C1. The molecule has 33 heteroatoms. The lowest BCUT2D eigenvalue weighted by molar-refractivity contribution is -0.293. The van der Waals surface area contributed by atoms with Crippen LogP contribution in [0.1, 0.15) is 119 Å². The van der Waals surface area contributed by atoms with Crippen LogP contribution in [0.2, 0.25) is 0 Å². The van der Waals surface area contributed by atoms with Crippen LogP contribution in [0.15, 0.2) is 0 Å². The van der Waals surface area contributed by atoms with E-state index < -0.39 is 146 Å². The maximum atomic E-state index is 13.5. The summed E-state index contributed by atoms with van der Waals surface area (Å²) in [6.07, 6.45) is -17.2. The standard InChI is InChI=1S/C32H57N3O13.C31H56N4O13/c1-4-33-23(37)10-6-5-7-13-35-14-11-20(30(44)34-12-16-46-32-29(43)27(41)25(39)19(3)48-32)21(17-35)22(36)9-8-15-45-31-28(42)26(40)24(38)18(2)47-31;1-4-32-21(36)8-6-5-7-12-35-13-9-19(28(43)33-10-14-45-30-26(41)24(39)22(37)17(2)47-30)20(16-35)29(44)34-11-15-46-31-27(42)25(40)23(38)18(3)48-31/h18-21,24-29,31-32,38-43H,4-17H2,1-3H3,(H,33,37)(H,34,44);17-20,22-27,30-31,37-42H,4-16H2,1-3H3,(H,32,36)(H,33,43)(H,34,44)/t18-,19-,20?,21?,24+,25+,26+,27+,28-,29-,31+,32+;17-,18-,19+,20-,22+,23+,24+,25+,26-,27-,30+,31+/m00/s1. The van der Waals surface area contributed by atoms with Crippen LogP contribution in [0.5, 0.6) is 0 Å². The van der Waals surface area contributed by atoms with E-state index in [4.69, 9.17) is 37.9 Å². The van der Waals surface area contributed by atoms with Crippen molar-refractivity contribution in [3.63, 3.8) is 0 Å². The molecule has 0 aromatic rings. The van der Waals surface area contributed by atoms with E-state index in [2.05, 4.69) is 36.4 Å². The molecule has 6 rings (SSSR count). The number of nitrogens with one attached hydrogen (secondary N) is 5. The minimum atomic E-state index is -1.47. The normalized spacial score (nSPS) is 36.0. The van der Waals surface area contributed by atoms with Crippen molar-refractivity contribution in [1.29, 1.82) is 0 Å². The Morgan fingerprint density at radius 1 is 0.365 bits per heavy atom. The number of carbonyl (C=O) groups excluding carboxylic acids is 6. The summed E-state index contributed by atoms with van der Waals surface area (Å²) in [6, 6.07) is 0. The summed E-state index contributed by atoms with van der Waals surface area (Å²) in [5.74, 6) is -3.54. The van der Waals surface area contributed by atoms with Crippen LogP contribution in [0.4, 0.5) is 0 Å². The number of nitrogens with zero attached hydrogens (tertiary/aromatic N) is 2. The van der Waals surface area contributed by atoms with Crippen LogP contribution in [0, 0.1) is 23.7 Å². The number of hydrogen-bond donors (Lipinski definition) is 17. The molecule has 0 radical (unpaired) electrons. The van der Waals surface area contributed by atoms with Gasteiger partial charge in [-0.1, -0.05) is 12.8 Å². The van der Waals surface area contributed by atoms with Crippen LogP contribution < -0.4 is 26.6 Å². The van der Waals surface area contributed by atoms with E-state index in [0.717, 1.165) is 45.1 Å². The lowest BCUT2D eigenvalue weighted by atomic mass is 9.80. The van der Waals surface area contributed by atoms with Crippen LogP contribution in [0.3, 0.4) is 0 Å². The molecule has 0 aromatic heterocycles. The largest absolute Gasteiger partial charge is 0.388 e. The third-order valence-electron chi connectivity index (χ3n) is 18.5. The second-order valence-electron chi connectivity index (χ2n) is 25.8. The quantitative estimate of drug-likeness (QED) is 0.0263. The molecule has 33 nitrogen and oxygen atoms in total. The second kappa shape index (κ2) is 42.4. The molecule has 0 aliphatic carbocycles. The highest BCUT2D eigenvalue weighted by molar-refractivity contribution is 5.89. The van der Waals surface area contributed by atoms with Gasteiger partial charge in [-0.2, -0.15) is 0 Å². The lowest BCUT2D eigenvalue weighted by Gasteiger charge is -2.39. The smallest absolute Gasteiger partial charge is 0.225 e. The van der Waals surface area contributed by atoms with E-state index in [-0.39, 0.29) is 87.8 Å². The summed E-state index contributed by atoms with van der Waals surface area (Å²) in [4.78, 5) is 81.3. The van der Waals surface area contributed by atoms with Crippen LogP contribution in [-0.2, 0) is 66.7 Å². The highest BCUT2D eigenvalue weighted by atomic mass is 16.7. The predicted molar refractivity (Wildman–Crippen MR) is 337 cm³/mol. The number of rotatable bonds is 35. The van der Waals surface area contributed by atoms with Gasteiger partial charge in [0.05, 0.1) is 68.6 Å². The molecule has 2 unspecified atom stereocenters. The average Bonchev–Trinajstić information content (AvgIpc) is 0.889. The minimum absolute atomic E-state index is 0.0247. The van der Waals surface area contributed by atoms with Crippen molar-refractivity contribution in [2.24, 2.45) is 23.7 Å². The second-order valence-corrected chi connectivity index (χ2v) is 25.8. The van der Waals surface area contributed by atoms with Crippen molar-refractivity contribution in [2.75, 3.05) is 98.4 Å². The highest BCUT2D eigenvalue weighted by Crippen LogP contribution is 2.30. The van der Waals surface area contributed by atoms with E-state index in [0.29, 0.717) is 77.9 Å². The molecular weight excluding hydrogens is 1270 g/mol. The van der Waals surface area contributed by atoms with Crippen LogP contribution in [-0.4, -0.2) is 328 Å². The number of aliphatic hydroxyl groups excluding tert-OH is 12. The first-order valence-electron chi connectivity index (χ1n) is 34.3. The van der Waals surface area contributed by atoms with E-state index in [1.165, 1.54) is 13.8 Å². The molecule has 0 spiro atoms. The number of ketones is 1. The molecular formula is C63H113N7O26. The topological polar surface area (TPSA) is 486 Å². The zero-order valence-corrected chi connectivity index (χ0v) is 56.4. The molecule has 0 aromatic carbocycles. The van der Waals surface area contributed by atoms with Gasteiger partial charge in [0.25, 0.3) is 0 Å².